The summed E-state index contributed by atoms with van der Waals surface area (Å²) in [6.45, 7) is 2.70. The van der Waals surface area contributed by atoms with E-state index < -0.39 is 24.1 Å². The normalized spacial score (nSPS) is 23.9. The van der Waals surface area contributed by atoms with E-state index in [4.69, 9.17) is 32.9 Å². The number of likely N-dealkylation sites (tertiary alicyclic amines) is 1. The number of carbonyl (C=O) groups excluding carboxylic acids is 1. The number of nitrogens with zero attached hydrogens (tertiary/aromatic N) is 4. The first-order valence-corrected chi connectivity index (χ1v) is 18.9. The number of alkyl halides is 2. The van der Waals surface area contributed by atoms with E-state index in [1.807, 2.05) is 19.1 Å². The fourth-order valence-corrected chi connectivity index (χ4v) is 9.37. The molecule has 3 aliphatic heterocycles. The summed E-state index contributed by atoms with van der Waals surface area (Å²) >= 11 is 13.1. The number of rotatable bonds is 9. The number of amides is 1. The molecule has 3 aromatic carbocycles. The number of hydrogen-bond acceptors (Lipinski definition) is 5. The molecule has 0 unspecified atom stereocenters. The quantitative estimate of drug-likeness (QED) is 0.162. The number of pyridine rings is 1. The Hall–Kier alpha value is -4.14. The number of carbonyl (C=O) groups is 1. The second-order valence-corrected chi connectivity index (χ2v) is 15.7. The maximum absolute atomic E-state index is 17.2. The van der Waals surface area contributed by atoms with Crippen molar-refractivity contribution < 1.29 is 22.7 Å². The molecule has 3 saturated heterocycles. The highest BCUT2D eigenvalue weighted by atomic mass is 35.5. The molecule has 12 heteroatoms. The summed E-state index contributed by atoms with van der Waals surface area (Å²) in [5, 5.41) is 15.1. The predicted octanol–water partition coefficient (Wildman–Crippen LogP) is 9.42. The Morgan fingerprint density at radius 1 is 1.09 bits per heavy atom. The van der Waals surface area contributed by atoms with Gasteiger partial charge < -0.3 is 19.5 Å². The standard InChI is InChI=1S/C41H36Cl2F3N5O2/c1-21-28-18-33(32-17-26(20-50(32)40(52)22-12-13-22)53-41(45,46)25-8-3-2-4-9-25)51(38-24-16-31(38)48-19-24)39(28)29-15-23(7-6-14-47)34(36(44)37(29)49-21)27-10-5-11-30(42)35(27)43/h2-5,8-11,15,18,22,24,26,31-32,38,48H,6-7,12-13,16-17,19-20H2,1H3/t24-,26+,31-,32-,38+/m1/s1. The van der Waals surface area contributed by atoms with Crippen molar-refractivity contribution in [1.29, 1.82) is 5.26 Å². The summed E-state index contributed by atoms with van der Waals surface area (Å²) in [7, 11) is 0. The number of aromatic nitrogens is 2. The largest absolute Gasteiger partial charge is 0.383 e. The van der Waals surface area contributed by atoms with Crippen LogP contribution in [0.5, 0.6) is 0 Å². The number of aryl methyl sites for hydroxylation is 2. The zero-order chi connectivity index (χ0) is 36.8. The maximum Gasteiger partial charge on any atom is 0.383 e. The van der Waals surface area contributed by atoms with Crippen LogP contribution in [0.3, 0.4) is 0 Å². The summed E-state index contributed by atoms with van der Waals surface area (Å²) in [6, 6.07) is 18.3. The highest BCUT2D eigenvalue weighted by molar-refractivity contribution is 6.43. The minimum atomic E-state index is -3.55. The summed E-state index contributed by atoms with van der Waals surface area (Å²) in [5.41, 5.74) is 3.38. The van der Waals surface area contributed by atoms with Crippen LogP contribution >= 0.6 is 23.2 Å². The van der Waals surface area contributed by atoms with Gasteiger partial charge in [-0.15, -0.1) is 0 Å². The molecule has 1 amide bonds. The number of halogens is 5. The molecule has 272 valence electrons. The SMILES string of the molecule is Cc1nc2c(F)c(-c3cccc(Cl)c3Cl)c(CCC#N)cc2c2c1cc([C@H]1C[C@H](OC(F)(F)c3ccccc3)CN1C(=O)C1CC1)n2[C@H]1[C@H]2CN[C@@H]1C2. The minimum Gasteiger partial charge on any atom is -0.337 e. The van der Waals surface area contributed by atoms with Crippen LogP contribution in [0.1, 0.15) is 66.7 Å². The van der Waals surface area contributed by atoms with Crippen molar-refractivity contribution in [3.05, 3.63) is 99.0 Å². The first kappa shape index (κ1) is 34.6. The van der Waals surface area contributed by atoms with E-state index in [0.29, 0.717) is 28.1 Å². The smallest absolute Gasteiger partial charge is 0.337 e. The van der Waals surface area contributed by atoms with Crippen molar-refractivity contribution >= 4 is 50.9 Å². The van der Waals surface area contributed by atoms with Gasteiger partial charge >= 0.3 is 6.11 Å². The molecule has 5 heterocycles. The van der Waals surface area contributed by atoms with Gasteiger partial charge in [0.2, 0.25) is 5.91 Å². The van der Waals surface area contributed by atoms with Crippen LogP contribution in [0, 0.1) is 35.9 Å². The molecule has 10 rings (SSSR count). The second-order valence-electron chi connectivity index (χ2n) is 14.9. The lowest BCUT2D eigenvalue weighted by molar-refractivity contribution is -0.270. The molecule has 5 aromatic rings. The summed E-state index contributed by atoms with van der Waals surface area (Å²) in [6.07, 6.45) is -1.35. The van der Waals surface area contributed by atoms with E-state index in [1.54, 1.807) is 41.3 Å². The third-order valence-electron chi connectivity index (χ3n) is 11.7. The molecular formula is C41H36Cl2F3N5O2. The lowest BCUT2D eigenvalue weighted by atomic mass is 9.79. The maximum atomic E-state index is 17.2. The van der Waals surface area contributed by atoms with Crippen molar-refractivity contribution in [2.24, 2.45) is 11.8 Å². The topological polar surface area (TPSA) is 83.2 Å². The first-order valence-electron chi connectivity index (χ1n) is 18.2. The third kappa shape index (κ3) is 5.70. The van der Waals surface area contributed by atoms with Gasteiger partial charge in [-0.1, -0.05) is 65.7 Å². The number of benzene rings is 3. The minimum absolute atomic E-state index is 0.00350. The van der Waals surface area contributed by atoms with Gasteiger partial charge in [0.1, 0.15) is 5.52 Å². The van der Waals surface area contributed by atoms with Gasteiger partial charge in [0.15, 0.2) is 5.82 Å². The molecular weight excluding hydrogens is 722 g/mol. The first-order chi connectivity index (χ1) is 25.6. The molecule has 5 fully saturated rings. The monoisotopic (exact) mass is 757 g/mol. The molecule has 2 aliphatic carbocycles. The molecule has 2 saturated carbocycles. The van der Waals surface area contributed by atoms with Crippen molar-refractivity contribution in [2.45, 2.75) is 75.8 Å². The zero-order valence-corrected chi connectivity index (χ0v) is 30.4. The Kier molecular flexibility index (Phi) is 8.50. The van der Waals surface area contributed by atoms with Crippen LogP contribution in [0.4, 0.5) is 13.2 Å². The Morgan fingerprint density at radius 3 is 2.58 bits per heavy atom. The van der Waals surface area contributed by atoms with Crippen LogP contribution in [0.25, 0.3) is 32.9 Å². The second kappa shape index (κ2) is 13.0. The van der Waals surface area contributed by atoms with Gasteiger partial charge in [-0.25, -0.2) is 9.37 Å². The van der Waals surface area contributed by atoms with Gasteiger partial charge in [0.25, 0.3) is 0 Å². The fourth-order valence-electron chi connectivity index (χ4n) is 8.98. The zero-order valence-electron chi connectivity index (χ0n) is 28.9. The van der Waals surface area contributed by atoms with Crippen LogP contribution in [-0.4, -0.2) is 45.6 Å². The average Bonchev–Trinajstić information content (AvgIpc) is 3.43. The predicted molar refractivity (Wildman–Crippen MR) is 197 cm³/mol. The van der Waals surface area contributed by atoms with Gasteiger partial charge in [-0.05, 0) is 62.3 Å². The third-order valence-corrected chi connectivity index (χ3v) is 12.5. The van der Waals surface area contributed by atoms with Gasteiger partial charge in [0, 0.05) is 71.2 Å². The Balaban J connectivity index is 1.24. The molecule has 0 radical (unpaired) electrons. The van der Waals surface area contributed by atoms with Crippen molar-refractivity contribution in [3.8, 4) is 17.2 Å². The lowest BCUT2D eigenvalue weighted by Gasteiger charge is -2.39. The Bertz CT molecular complexity index is 2330. The fraction of sp³-hybridized carbons (Fsp3) is 0.390. The van der Waals surface area contributed by atoms with E-state index in [0.717, 1.165) is 42.4 Å². The van der Waals surface area contributed by atoms with Crippen LogP contribution in [-0.2, 0) is 22.1 Å². The molecule has 53 heavy (non-hydrogen) atoms. The van der Waals surface area contributed by atoms with E-state index in [2.05, 4.69) is 16.0 Å². The van der Waals surface area contributed by atoms with Crippen LogP contribution < -0.4 is 5.32 Å². The van der Waals surface area contributed by atoms with Crippen molar-refractivity contribution in [3.63, 3.8) is 0 Å². The number of nitrogens with one attached hydrogen (secondary N) is 1. The lowest BCUT2D eigenvalue weighted by Crippen LogP contribution is -2.41. The van der Waals surface area contributed by atoms with Gasteiger partial charge in [-0.3, -0.25) is 4.79 Å². The molecule has 7 nitrogen and oxygen atoms in total. The Morgan fingerprint density at radius 2 is 1.89 bits per heavy atom. The molecule has 1 N–H and O–H groups in total. The molecule has 5 aliphatic rings. The summed E-state index contributed by atoms with van der Waals surface area (Å²) in [5.74, 6) is -0.448. The molecule has 0 spiro atoms. The van der Waals surface area contributed by atoms with E-state index in [1.165, 1.54) is 12.1 Å². The number of nitriles is 1. The average molecular weight is 759 g/mol. The van der Waals surface area contributed by atoms with Crippen molar-refractivity contribution in [2.75, 3.05) is 13.1 Å². The highest BCUT2D eigenvalue weighted by Crippen LogP contribution is 2.52. The molecule has 2 aromatic heterocycles. The van der Waals surface area contributed by atoms with Crippen LogP contribution in [0.2, 0.25) is 10.0 Å². The molecule has 2 bridgehead atoms. The van der Waals surface area contributed by atoms with Crippen LogP contribution in [0.15, 0.2) is 60.7 Å². The van der Waals surface area contributed by atoms with E-state index in [-0.39, 0.29) is 76.4 Å². The van der Waals surface area contributed by atoms with E-state index >= 15 is 13.2 Å². The summed E-state index contributed by atoms with van der Waals surface area (Å²) in [4.78, 5) is 20.5. The van der Waals surface area contributed by atoms with Gasteiger partial charge in [-0.2, -0.15) is 14.0 Å². The number of ether oxygens (including phenoxy) is 1. The van der Waals surface area contributed by atoms with E-state index in [9.17, 15) is 10.1 Å². The summed E-state index contributed by atoms with van der Waals surface area (Å²) < 4.78 is 56.1. The Labute approximate surface area is 314 Å². The molecule has 5 atom stereocenters. The van der Waals surface area contributed by atoms with Crippen molar-refractivity contribution in [1.82, 2.24) is 19.8 Å². The number of fused-ring (bicyclic) bond motifs is 4. The number of hydrogen-bond donors (Lipinski definition) is 1. The highest BCUT2D eigenvalue weighted by Gasteiger charge is 2.52. The van der Waals surface area contributed by atoms with Gasteiger partial charge in [0.05, 0.1) is 45.4 Å².